The Kier molecular flexibility index (Phi) is 5.51. The van der Waals surface area contributed by atoms with Gasteiger partial charge in [0.15, 0.2) is 0 Å². The van der Waals surface area contributed by atoms with Gasteiger partial charge in [-0.2, -0.15) is 0 Å². The molecule has 0 unspecified atom stereocenters. The number of sulfonamides is 1. The molecule has 1 amide bonds. The number of nitrogens with zero attached hydrogens (tertiary/aromatic N) is 1. The van der Waals surface area contributed by atoms with Crippen LogP contribution >= 0.6 is 0 Å². The lowest BCUT2D eigenvalue weighted by molar-refractivity contribution is 0.102. The number of para-hydroxylation sites is 1. The van der Waals surface area contributed by atoms with Gasteiger partial charge >= 0.3 is 0 Å². The summed E-state index contributed by atoms with van der Waals surface area (Å²) in [6.45, 7) is 3.91. The van der Waals surface area contributed by atoms with Crippen LogP contribution in [0.2, 0.25) is 0 Å². The molecule has 0 heterocycles. The molecule has 3 rings (SSSR count). The second kappa shape index (κ2) is 7.86. The second-order valence-corrected chi connectivity index (χ2v) is 8.60. The second-order valence-electron chi connectivity index (χ2n) is 6.63. The molecule has 0 aliphatic heterocycles. The van der Waals surface area contributed by atoms with Crippen molar-refractivity contribution in [1.29, 1.82) is 0 Å². The van der Waals surface area contributed by atoms with Crippen LogP contribution in [-0.4, -0.2) is 21.4 Å². The van der Waals surface area contributed by atoms with Crippen LogP contribution in [0.15, 0.2) is 77.7 Å². The number of amides is 1. The number of rotatable bonds is 5. The fraction of sp³-hybridized carbons (Fsp3) is 0.136. The summed E-state index contributed by atoms with van der Waals surface area (Å²) in [7, 11) is -2.33. The SMILES string of the molecule is Cc1cc(C)cc(NC(=O)c2ccccc2N(C)S(=O)(=O)c2ccccc2)c1. The van der Waals surface area contributed by atoms with Gasteiger partial charge < -0.3 is 5.32 Å². The Morgan fingerprint density at radius 3 is 2.07 bits per heavy atom. The molecule has 5 nitrogen and oxygen atoms in total. The molecule has 0 bridgehead atoms. The van der Waals surface area contributed by atoms with Crippen LogP contribution in [0.1, 0.15) is 21.5 Å². The summed E-state index contributed by atoms with van der Waals surface area (Å²) >= 11 is 0. The molecule has 3 aromatic carbocycles. The third-order valence-corrected chi connectivity index (χ3v) is 6.15. The van der Waals surface area contributed by atoms with Crippen molar-refractivity contribution in [1.82, 2.24) is 0 Å². The molecule has 0 aliphatic carbocycles. The largest absolute Gasteiger partial charge is 0.322 e. The van der Waals surface area contributed by atoms with Crippen molar-refractivity contribution in [2.75, 3.05) is 16.7 Å². The van der Waals surface area contributed by atoms with Crippen LogP contribution < -0.4 is 9.62 Å². The molecule has 0 aliphatic rings. The number of hydrogen-bond donors (Lipinski definition) is 1. The Hall–Kier alpha value is -3.12. The van der Waals surface area contributed by atoms with Gasteiger partial charge in [-0.15, -0.1) is 0 Å². The highest BCUT2D eigenvalue weighted by Gasteiger charge is 2.24. The van der Waals surface area contributed by atoms with Gasteiger partial charge in [0.2, 0.25) is 0 Å². The van der Waals surface area contributed by atoms with Crippen molar-refractivity contribution in [2.45, 2.75) is 18.7 Å². The molecule has 1 N–H and O–H groups in total. The molecule has 6 heteroatoms. The molecular weight excluding hydrogens is 372 g/mol. The molecule has 0 spiro atoms. The molecule has 0 aromatic heterocycles. The first-order chi connectivity index (χ1) is 13.3. The van der Waals surface area contributed by atoms with Gasteiger partial charge in [0.05, 0.1) is 16.1 Å². The summed E-state index contributed by atoms with van der Waals surface area (Å²) < 4.78 is 27.0. The molecule has 0 atom stereocenters. The highest BCUT2D eigenvalue weighted by molar-refractivity contribution is 7.92. The van der Waals surface area contributed by atoms with Gasteiger partial charge in [-0.1, -0.05) is 36.4 Å². The van der Waals surface area contributed by atoms with E-state index in [0.29, 0.717) is 11.4 Å². The third kappa shape index (κ3) is 4.07. The van der Waals surface area contributed by atoms with Crippen LogP contribution in [0.4, 0.5) is 11.4 Å². The van der Waals surface area contributed by atoms with Gasteiger partial charge in [-0.25, -0.2) is 8.42 Å². The van der Waals surface area contributed by atoms with Crippen molar-refractivity contribution in [3.05, 3.63) is 89.5 Å². The molecular formula is C22H22N2O3S. The lowest BCUT2D eigenvalue weighted by Crippen LogP contribution is -2.29. The highest BCUT2D eigenvalue weighted by atomic mass is 32.2. The molecule has 144 valence electrons. The Bertz CT molecular complexity index is 1090. The van der Waals surface area contributed by atoms with Crippen molar-refractivity contribution in [3.8, 4) is 0 Å². The van der Waals surface area contributed by atoms with Crippen LogP contribution in [0.25, 0.3) is 0 Å². The minimum atomic E-state index is -3.78. The summed E-state index contributed by atoms with van der Waals surface area (Å²) in [5, 5.41) is 2.87. The van der Waals surface area contributed by atoms with E-state index in [-0.39, 0.29) is 16.4 Å². The number of hydrogen-bond acceptors (Lipinski definition) is 3. The van der Waals surface area contributed by atoms with Crippen LogP contribution in [0, 0.1) is 13.8 Å². The van der Waals surface area contributed by atoms with Gasteiger partial charge in [0, 0.05) is 12.7 Å². The zero-order chi connectivity index (χ0) is 20.3. The van der Waals surface area contributed by atoms with E-state index < -0.39 is 10.0 Å². The predicted molar refractivity (Wildman–Crippen MR) is 112 cm³/mol. The Morgan fingerprint density at radius 2 is 1.43 bits per heavy atom. The average molecular weight is 394 g/mol. The van der Waals surface area contributed by atoms with Crippen molar-refractivity contribution in [2.24, 2.45) is 0 Å². The van der Waals surface area contributed by atoms with E-state index in [2.05, 4.69) is 5.32 Å². The lowest BCUT2D eigenvalue weighted by Gasteiger charge is -2.22. The summed E-state index contributed by atoms with van der Waals surface area (Å²) in [6, 6.07) is 20.6. The van der Waals surface area contributed by atoms with Crippen molar-refractivity contribution < 1.29 is 13.2 Å². The number of anilines is 2. The standard InChI is InChI=1S/C22H22N2O3S/c1-16-13-17(2)15-18(14-16)23-22(25)20-11-7-8-12-21(20)24(3)28(26,27)19-9-5-4-6-10-19/h4-15H,1-3H3,(H,23,25). The van der Waals surface area contributed by atoms with Crippen LogP contribution in [0.3, 0.4) is 0 Å². The molecule has 0 radical (unpaired) electrons. The van der Waals surface area contributed by atoms with Crippen LogP contribution in [-0.2, 0) is 10.0 Å². The zero-order valence-corrected chi connectivity index (χ0v) is 16.8. The van der Waals surface area contributed by atoms with E-state index in [9.17, 15) is 13.2 Å². The minimum absolute atomic E-state index is 0.169. The van der Waals surface area contributed by atoms with Gasteiger partial charge in [0.25, 0.3) is 15.9 Å². The molecule has 0 fully saturated rings. The first kappa shape index (κ1) is 19.6. The maximum Gasteiger partial charge on any atom is 0.264 e. The van der Waals surface area contributed by atoms with Gasteiger partial charge in [-0.3, -0.25) is 9.10 Å². The molecule has 3 aromatic rings. The van der Waals surface area contributed by atoms with E-state index in [1.54, 1.807) is 42.5 Å². The predicted octanol–water partition coefficient (Wildman–Crippen LogP) is 4.38. The fourth-order valence-electron chi connectivity index (χ4n) is 3.07. The van der Waals surface area contributed by atoms with Crippen molar-refractivity contribution >= 4 is 27.3 Å². The monoisotopic (exact) mass is 394 g/mol. The minimum Gasteiger partial charge on any atom is -0.322 e. The quantitative estimate of drug-likeness (QED) is 0.698. The van der Waals surface area contributed by atoms with Crippen LogP contribution in [0.5, 0.6) is 0 Å². The first-order valence-corrected chi connectivity index (χ1v) is 10.3. The first-order valence-electron chi connectivity index (χ1n) is 8.82. The zero-order valence-electron chi connectivity index (χ0n) is 16.0. The van der Waals surface area contributed by atoms with E-state index in [4.69, 9.17) is 0 Å². The maximum absolute atomic E-state index is 12.9. The number of benzene rings is 3. The Labute approximate surface area is 165 Å². The Morgan fingerprint density at radius 1 is 0.857 bits per heavy atom. The van der Waals surface area contributed by atoms with E-state index in [0.717, 1.165) is 15.4 Å². The number of carbonyl (C=O) groups excluding carboxylic acids is 1. The molecule has 28 heavy (non-hydrogen) atoms. The lowest BCUT2D eigenvalue weighted by atomic mass is 10.1. The molecule has 0 saturated heterocycles. The normalized spacial score (nSPS) is 11.1. The Balaban J connectivity index is 1.96. The van der Waals surface area contributed by atoms with E-state index in [1.807, 2.05) is 32.0 Å². The topological polar surface area (TPSA) is 66.5 Å². The fourth-order valence-corrected chi connectivity index (χ4v) is 4.30. The summed E-state index contributed by atoms with van der Waals surface area (Å²) in [4.78, 5) is 13.1. The van der Waals surface area contributed by atoms with E-state index in [1.165, 1.54) is 19.2 Å². The van der Waals surface area contributed by atoms with Crippen molar-refractivity contribution in [3.63, 3.8) is 0 Å². The summed E-state index contributed by atoms with van der Waals surface area (Å²) in [5.41, 5.74) is 3.34. The molecule has 0 saturated carbocycles. The number of carbonyl (C=O) groups is 1. The smallest absolute Gasteiger partial charge is 0.264 e. The highest BCUT2D eigenvalue weighted by Crippen LogP contribution is 2.26. The third-order valence-electron chi connectivity index (χ3n) is 4.37. The summed E-state index contributed by atoms with van der Waals surface area (Å²) in [5.74, 6) is -0.365. The summed E-state index contributed by atoms with van der Waals surface area (Å²) in [6.07, 6.45) is 0. The van der Waals surface area contributed by atoms with Gasteiger partial charge in [-0.05, 0) is 61.4 Å². The maximum atomic E-state index is 12.9. The average Bonchev–Trinajstić information content (AvgIpc) is 2.67. The number of nitrogens with one attached hydrogen (secondary N) is 1. The number of aryl methyl sites for hydroxylation is 2. The van der Waals surface area contributed by atoms with Gasteiger partial charge in [0.1, 0.15) is 0 Å². The van der Waals surface area contributed by atoms with E-state index >= 15 is 0 Å².